The van der Waals surface area contributed by atoms with Crippen LogP contribution in [0.5, 0.6) is 5.75 Å². The van der Waals surface area contributed by atoms with Crippen LogP contribution in [0.3, 0.4) is 0 Å². The number of benzene rings is 2. The van der Waals surface area contributed by atoms with E-state index in [4.69, 9.17) is 20.2 Å². The minimum atomic E-state index is -0.346. The van der Waals surface area contributed by atoms with Gasteiger partial charge in [-0.25, -0.2) is 4.98 Å². The number of halogens is 1. The number of ketones is 1. The zero-order valence-corrected chi connectivity index (χ0v) is 23.7. The molecular formula is C30H31BrN2O3S. The van der Waals surface area contributed by atoms with Gasteiger partial charge < -0.3 is 15.2 Å². The summed E-state index contributed by atoms with van der Waals surface area (Å²) in [6.45, 7) is 7.02. The van der Waals surface area contributed by atoms with E-state index in [9.17, 15) is 4.79 Å². The Labute approximate surface area is 230 Å². The van der Waals surface area contributed by atoms with Crippen molar-refractivity contribution in [3.63, 3.8) is 0 Å². The summed E-state index contributed by atoms with van der Waals surface area (Å²) in [6, 6.07) is 16.1. The van der Waals surface area contributed by atoms with Gasteiger partial charge in [0, 0.05) is 39.7 Å². The summed E-state index contributed by atoms with van der Waals surface area (Å²) in [5.74, 6) is 1.57. The number of carbonyl (C=O) groups is 1. The zero-order chi connectivity index (χ0) is 26.2. The van der Waals surface area contributed by atoms with Crippen LogP contribution in [0.15, 0.2) is 75.6 Å². The lowest BCUT2D eigenvalue weighted by Gasteiger charge is -2.38. The Morgan fingerprint density at radius 1 is 1.11 bits per heavy atom. The van der Waals surface area contributed by atoms with Crippen molar-refractivity contribution in [1.82, 2.24) is 4.98 Å². The van der Waals surface area contributed by atoms with Crippen LogP contribution in [-0.4, -0.2) is 17.4 Å². The summed E-state index contributed by atoms with van der Waals surface area (Å²) in [4.78, 5) is 18.5. The average molecular weight is 580 g/mol. The summed E-state index contributed by atoms with van der Waals surface area (Å²) in [6.07, 6.45) is 3.23. The number of rotatable bonds is 7. The van der Waals surface area contributed by atoms with Crippen LogP contribution in [0.4, 0.5) is 0 Å². The molecule has 2 N–H and O–H groups in total. The number of nitrogens with zero attached hydrogens (tertiary/aromatic N) is 1. The molecular weight excluding hydrogens is 548 g/mol. The Morgan fingerprint density at radius 3 is 2.54 bits per heavy atom. The highest BCUT2D eigenvalue weighted by Crippen LogP contribution is 2.51. The molecule has 3 aromatic rings. The van der Waals surface area contributed by atoms with E-state index in [0.29, 0.717) is 36.7 Å². The maximum Gasteiger partial charge on any atom is 0.197 e. The summed E-state index contributed by atoms with van der Waals surface area (Å²) < 4.78 is 13.1. The predicted molar refractivity (Wildman–Crippen MR) is 152 cm³/mol. The van der Waals surface area contributed by atoms with Crippen molar-refractivity contribution in [2.24, 2.45) is 11.1 Å². The third-order valence-corrected chi connectivity index (χ3v) is 8.21. The first-order valence-corrected chi connectivity index (χ1v) is 14.3. The van der Waals surface area contributed by atoms with Crippen LogP contribution in [0.25, 0.3) is 16.8 Å². The molecule has 1 aliphatic carbocycles. The molecule has 0 bridgehead atoms. The number of thiazole rings is 1. The maximum absolute atomic E-state index is 13.6. The summed E-state index contributed by atoms with van der Waals surface area (Å²) >= 11 is 5.01. The van der Waals surface area contributed by atoms with Gasteiger partial charge in [0.15, 0.2) is 11.7 Å². The van der Waals surface area contributed by atoms with Crippen molar-refractivity contribution in [3.8, 4) is 17.0 Å². The molecule has 0 amide bonds. The first-order valence-electron chi connectivity index (χ1n) is 12.6. The van der Waals surface area contributed by atoms with Crippen LogP contribution >= 0.6 is 27.3 Å². The third-order valence-electron chi connectivity index (χ3n) is 6.81. The number of aromatic nitrogens is 1. The van der Waals surface area contributed by atoms with Crippen molar-refractivity contribution in [1.29, 1.82) is 0 Å². The van der Waals surface area contributed by atoms with E-state index in [-0.39, 0.29) is 17.1 Å². The number of unbranched alkanes of at least 4 members (excludes halogenated alkanes) is 1. The number of nitrogens with two attached hydrogens (primary N) is 1. The first kappa shape index (κ1) is 25.7. The standard InChI is InChI=1S/C30H31BrN2O3S/c1-4-5-14-35-21-12-8-19(9-13-21)25-26-23(34)15-30(2,3)16-24(26)36-28(32)27(25)29-33-22(17-37-29)18-6-10-20(31)11-7-18/h6-13,17,25H,4-5,14-16,32H2,1-3H3/t25-/m0/s1. The molecule has 1 atom stereocenters. The molecule has 0 saturated heterocycles. The number of hydrogen-bond acceptors (Lipinski definition) is 6. The molecule has 0 saturated carbocycles. The van der Waals surface area contributed by atoms with Gasteiger partial charge in [0.2, 0.25) is 0 Å². The molecule has 0 radical (unpaired) electrons. The van der Waals surface area contributed by atoms with Gasteiger partial charge in [0.05, 0.1) is 17.9 Å². The van der Waals surface area contributed by atoms with Crippen molar-refractivity contribution in [2.75, 3.05) is 6.61 Å². The molecule has 1 aromatic heterocycles. The number of carbonyl (C=O) groups excluding carboxylic acids is 1. The Bertz CT molecular complexity index is 1370. The van der Waals surface area contributed by atoms with E-state index in [1.165, 1.54) is 11.3 Å². The van der Waals surface area contributed by atoms with Crippen LogP contribution in [-0.2, 0) is 9.53 Å². The van der Waals surface area contributed by atoms with Crippen LogP contribution in [0, 0.1) is 5.41 Å². The summed E-state index contributed by atoms with van der Waals surface area (Å²) in [5.41, 5.74) is 10.7. The number of Topliss-reactive ketones (excluding diaryl/α,β-unsaturated/α-hetero) is 1. The highest BCUT2D eigenvalue weighted by molar-refractivity contribution is 9.10. The van der Waals surface area contributed by atoms with E-state index in [2.05, 4.69) is 36.7 Å². The van der Waals surface area contributed by atoms with Crippen molar-refractivity contribution in [2.45, 2.75) is 52.4 Å². The van der Waals surface area contributed by atoms with Gasteiger partial charge in [-0.15, -0.1) is 11.3 Å². The number of ether oxygens (including phenoxy) is 2. The predicted octanol–water partition coefficient (Wildman–Crippen LogP) is 7.84. The van der Waals surface area contributed by atoms with Crippen LogP contribution in [0.2, 0.25) is 0 Å². The van der Waals surface area contributed by atoms with Gasteiger partial charge in [-0.3, -0.25) is 4.79 Å². The highest BCUT2D eigenvalue weighted by atomic mass is 79.9. The molecule has 1 aliphatic heterocycles. The lowest BCUT2D eigenvalue weighted by molar-refractivity contribution is -0.118. The van der Waals surface area contributed by atoms with Gasteiger partial charge in [-0.1, -0.05) is 67.4 Å². The van der Waals surface area contributed by atoms with Gasteiger partial charge in [-0.2, -0.15) is 0 Å². The van der Waals surface area contributed by atoms with Crippen LogP contribution < -0.4 is 10.5 Å². The minimum absolute atomic E-state index is 0.106. The molecule has 0 unspecified atom stereocenters. The molecule has 37 heavy (non-hydrogen) atoms. The van der Waals surface area contributed by atoms with Gasteiger partial charge in [0.1, 0.15) is 16.5 Å². The average Bonchev–Trinajstić information content (AvgIpc) is 3.33. The van der Waals surface area contributed by atoms with Gasteiger partial charge >= 0.3 is 0 Å². The second kappa shape index (κ2) is 10.5. The maximum atomic E-state index is 13.6. The SMILES string of the molecule is CCCCOc1ccc([C@H]2C3=C(CC(C)(C)CC3=O)OC(N)=C2c2nc(-c3ccc(Br)cc3)cs2)cc1. The number of hydrogen-bond donors (Lipinski definition) is 1. The third kappa shape index (κ3) is 5.39. The topological polar surface area (TPSA) is 74.4 Å². The Hall–Kier alpha value is -2.90. The van der Waals surface area contributed by atoms with Gasteiger partial charge in [0.25, 0.3) is 0 Å². The Balaban J connectivity index is 1.57. The quantitative estimate of drug-likeness (QED) is 0.289. The normalized spacial score (nSPS) is 19.0. The molecule has 2 aliphatic rings. The molecule has 192 valence electrons. The lowest BCUT2D eigenvalue weighted by Crippen LogP contribution is -2.33. The van der Waals surface area contributed by atoms with E-state index in [1.807, 2.05) is 53.9 Å². The molecule has 5 rings (SSSR count). The molecule has 2 aromatic carbocycles. The first-order chi connectivity index (χ1) is 17.8. The summed E-state index contributed by atoms with van der Waals surface area (Å²) in [7, 11) is 0. The molecule has 2 heterocycles. The molecule has 0 fully saturated rings. The fourth-order valence-electron chi connectivity index (χ4n) is 4.97. The lowest BCUT2D eigenvalue weighted by atomic mass is 9.70. The van der Waals surface area contributed by atoms with E-state index in [1.54, 1.807) is 0 Å². The number of allylic oxidation sites excluding steroid dienone is 3. The van der Waals surface area contributed by atoms with Gasteiger partial charge in [-0.05, 0) is 41.7 Å². The van der Waals surface area contributed by atoms with E-state index < -0.39 is 0 Å². The fourth-order valence-corrected chi connectivity index (χ4v) is 6.14. The second-order valence-corrected chi connectivity index (χ2v) is 12.2. The Kier molecular flexibility index (Phi) is 7.28. The fraction of sp³-hybridized carbons (Fsp3) is 0.333. The highest BCUT2D eigenvalue weighted by Gasteiger charge is 2.43. The molecule has 7 heteroatoms. The van der Waals surface area contributed by atoms with Crippen molar-refractivity contribution in [3.05, 3.63) is 86.2 Å². The molecule has 0 spiro atoms. The minimum Gasteiger partial charge on any atom is -0.494 e. The monoisotopic (exact) mass is 578 g/mol. The van der Waals surface area contributed by atoms with Crippen LogP contribution in [0.1, 0.15) is 62.9 Å². The largest absolute Gasteiger partial charge is 0.494 e. The smallest absolute Gasteiger partial charge is 0.197 e. The van der Waals surface area contributed by atoms with Crippen molar-refractivity contribution < 1.29 is 14.3 Å². The van der Waals surface area contributed by atoms with E-state index in [0.717, 1.165) is 50.5 Å². The zero-order valence-electron chi connectivity index (χ0n) is 21.3. The second-order valence-electron chi connectivity index (χ2n) is 10.4. The van der Waals surface area contributed by atoms with E-state index >= 15 is 0 Å². The summed E-state index contributed by atoms with van der Waals surface area (Å²) in [5, 5.41) is 2.78. The Morgan fingerprint density at radius 2 is 1.84 bits per heavy atom. The molecule has 5 nitrogen and oxygen atoms in total. The van der Waals surface area contributed by atoms with Crippen molar-refractivity contribution >= 4 is 38.6 Å².